The minimum absolute atomic E-state index is 1.19. The molecule has 0 N–H and O–H groups in total. The summed E-state index contributed by atoms with van der Waals surface area (Å²) in [5.41, 5.74) is 5.07. The lowest BCUT2D eigenvalue weighted by Gasteiger charge is -2.17. The van der Waals surface area contributed by atoms with E-state index in [1.165, 1.54) is 64.4 Å². The third-order valence-electron chi connectivity index (χ3n) is 6.23. The van der Waals surface area contributed by atoms with Gasteiger partial charge in [0.15, 0.2) is 0 Å². The standard InChI is InChI=1S/C31H23NS/c1-20-15-21(2)17-25(16-20)33-31-27-10-6-5-9-26(27)30(29-19-32-14-13-28(29)31)24-12-11-22-7-3-4-8-23(22)18-24/h3-19H,1-2H3. The molecule has 1 nitrogen and oxygen atoms in total. The number of pyridine rings is 1. The lowest BCUT2D eigenvalue weighted by Crippen LogP contribution is -1.91. The fourth-order valence-corrected chi connectivity index (χ4v) is 6.16. The van der Waals surface area contributed by atoms with E-state index in [0.717, 1.165) is 0 Å². The van der Waals surface area contributed by atoms with Crippen LogP contribution < -0.4 is 0 Å². The maximum Gasteiger partial charge on any atom is 0.0353 e. The molecule has 33 heavy (non-hydrogen) atoms. The third kappa shape index (κ3) is 3.57. The van der Waals surface area contributed by atoms with Crippen molar-refractivity contribution in [1.82, 2.24) is 4.98 Å². The Hall–Kier alpha value is -3.62. The molecule has 0 spiro atoms. The maximum atomic E-state index is 4.54. The predicted molar refractivity (Wildman–Crippen MR) is 142 cm³/mol. The summed E-state index contributed by atoms with van der Waals surface area (Å²) in [4.78, 5) is 7.10. The predicted octanol–water partition coefficient (Wildman–Crippen LogP) is 8.98. The fraction of sp³-hybridized carbons (Fsp3) is 0.0645. The van der Waals surface area contributed by atoms with E-state index in [2.05, 4.69) is 110 Å². The van der Waals surface area contributed by atoms with Gasteiger partial charge in [-0.05, 0) is 87.3 Å². The van der Waals surface area contributed by atoms with Crippen LogP contribution in [0.25, 0.3) is 43.4 Å². The van der Waals surface area contributed by atoms with Crippen LogP contribution in [0.2, 0.25) is 0 Å². The van der Waals surface area contributed by atoms with Gasteiger partial charge in [0.05, 0.1) is 0 Å². The van der Waals surface area contributed by atoms with E-state index in [1.807, 2.05) is 24.2 Å². The van der Waals surface area contributed by atoms with E-state index < -0.39 is 0 Å². The number of fused-ring (bicyclic) bond motifs is 3. The van der Waals surface area contributed by atoms with Crippen molar-refractivity contribution in [2.45, 2.75) is 23.6 Å². The van der Waals surface area contributed by atoms with Gasteiger partial charge in [-0.25, -0.2) is 0 Å². The molecule has 0 saturated heterocycles. The Kier molecular flexibility index (Phi) is 4.89. The highest BCUT2D eigenvalue weighted by Gasteiger charge is 2.16. The van der Waals surface area contributed by atoms with Crippen LogP contribution in [0.5, 0.6) is 0 Å². The van der Waals surface area contributed by atoms with E-state index >= 15 is 0 Å². The molecular formula is C31H23NS. The molecule has 0 aliphatic rings. The average Bonchev–Trinajstić information content (AvgIpc) is 2.83. The number of aromatic nitrogens is 1. The summed E-state index contributed by atoms with van der Waals surface area (Å²) < 4.78 is 0. The highest BCUT2D eigenvalue weighted by molar-refractivity contribution is 7.99. The van der Waals surface area contributed by atoms with Gasteiger partial charge in [-0.2, -0.15) is 0 Å². The molecule has 6 aromatic rings. The Bertz CT molecular complexity index is 1590. The molecular weight excluding hydrogens is 418 g/mol. The van der Waals surface area contributed by atoms with E-state index in [0.29, 0.717) is 0 Å². The molecule has 0 aliphatic heterocycles. The summed E-state index contributed by atoms with van der Waals surface area (Å²) in [5, 5.41) is 7.50. The van der Waals surface area contributed by atoms with Crippen LogP contribution in [0.15, 0.2) is 113 Å². The molecule has 0 radical (unpaired) electrons. The molecule has 1 heterocycles. The van der Waals surface area contributed by atoms with Crippen molar-refractivity contribution in [3.05, 3.63) is 115 Å². The van der Waals surface area contributed by atoms with Crippen molar-refractivity contribution in [3.8, 4) is 11.1 Å². The molecule has 0 unspecified atom stereocenters. The largest absolute Gasteiger partial charge is 0.264 e. The van der Waals surface area contributed by atoms with Crippen LogP contribution in [0.3, 0.4) is 0 Å². The highest BCUT2D eigenvalue weighted by atomic mass is 32.2. The van der Waals surface area contributed by atoms with E-state index in [4.69, 9.17) is 0 Å². The van der Waals surface area contributed by atoms with Gasteiger partial charge in [-0.3, -0.25) is 4.98 Å². The van der Waals surface area contributed by atoms with Crippen LogP contribution in [-0.2, 0) is 0 Å². The minimum Gasteiger partial charge on any atom is -0.264 e. The minimum atomic E-state index is 1.19. The second kappa shape index (κ2) is 8.06. The van der Waals surface area contributed by atoms with Crippen molar-refractivity contribution in [3.63, 3.8) is 0 Å². The smallest absolute Gasteiger partial charge is 0.0353 e. The number of nitrogens with zero attached hydrogens (tertiary/aromatic N) is 1. The van der Waals surface area contributed by atoms with Crippen molar-refractivity contribution in [1.29, 1.82) is 0 Å². The molecule has 0 aliphatic carbocycles. The zero-order valence-corrected chi connectivity index (χ0v) is 19.5. The number of hydrogen-bond acceptors (Lipinski definition) is 2. The van der Waals surface area contributed by atoms with E-state index in [-0.39, 0.29) is 0 Å². The van der Waals surface area contributed by atoms with Gasteiger partial charge in [-0.1, -0.05) is 78.5 Å². The van der Waals surface area contributed by atoms with Gasteiger partial charge >= 0.3 is 0 Å². The quantitative estimate of drug-likeness (QED) is 0.254. The molecule has 0 bridgehead atoms. The van der Waals surface area contributed by atoms with Crippen LogP contribution in [0.4, 0.5) is 0 Å². The zero-order valence-electron chi connectivity index (χ0n) is 18.7. The van der Waals surface area contributed by atoms with Crippen molar-refractivity contribution in [2.75, 3.05) is 0 Å². The molecule has 6 rings (SSSR count). The highest BCUT2D eigenvalue weighted by Crippen LogP contribution is 2.45. The van der Waals surface area contributed by atoms with Crippen LogP contribution >= 0.6 is 11.8 Å². The molecule has 0 fully saturated rings. The monoisotopic (exact) mass is 441 g/mol. The average molecular weight is 442 g/mol. The van der Waals surface area contributed by atoms with Crippen LogP contribution in [0, 0.1) is 13.8 Å². The first-order valence-corrected chi connectivity index (χ1v) is 12.0. The second-order valence-electron chi connectivity index (χ2n) is 8.66. The van der Waals surface area contributed by atoms with Gasteiger partial charge < -0.3 is 0 Å². The lowest BCUT2D eigenvalue weighted by molar-refractivity contribution is 1.29. The van der Waals surface area contributed by atoms with Crippen molar-refractivity contribution in [2.24, 2.45) is 0 Å². The summed E-state index contributed by atoms with van der Waals surface area (Å²) in [5.74, 6) is 0. The molecule has 0 atom stereocenters. The Morgan fingerprint density at radius 1 is 0.606 bits per heavy atom. The normalized spacial score (nSPS) is 11.5. The van der Waals surface area contributed by atoms with Gasteiger partial charge in [0.1, 0.15) is 0 Å². The molecule has 0 saturated carbocycles. The second-order valence-corrected chi connectivity index (χ2v) is 9.74. The summed E-state index contributed by atoms with van der Waals surface area (Å²) in [6.45, 7) is 4.33. The Morgan fingerprint density at radius 3 is 2.12 bits per heavy atom. The van der Waals surface area contributed by atoms with Crippen molar-refractivity contribution >= 4 is 44.1 Å². The van der Waals surface area contributed by atoms with Gasteiger partial charge in [0.25, 0.3) is 0 Å². The SMILES string of the molecule is Cc1cc(C)cc(Sc2c3ccccc3c(-c3ccc4ccccc4c3)c3cnccc23)c1. The zero-order chi connectivity index (χ0) is 22.4. The molecule has 158 valence electrons. The molecule has 2 heteroatoms. The molecule has 0 amide bonds. The first-order valence-electron chi connectivity index (χ1n) is 11.2. The first-order chi connectivity index (χ1) is 16.2. The van der Waals surface area contributed by atoms with Gasteiger partial charge in [0.2, 0.25) is 0 Å². The topological polar surface area (TPSA) is 12.9 Å². The number of aryl methyl sites for hydroxylation is 2. The number of benzene rings is 5. The van der Waals surface area contributed by atoms with Crippen molar-refractivity contribution < 1.29 is 0 Å². The Labute approximate surface area is 198 Å². The maximum absolute atomic E-state index is 4.54. The lowest BCUT2D eigenvalue weighted by atomic mass is 9.92. The van der Waals surface area contributed by atoms with Crippen LogP contribution in [0.1, 0.15) is 11.1 Å². The number of hydrogen-bond donors (Lipinski definition) is 0. The van der Waals surface area contributed by atoms with Gasteiger partial charge in [-0.15, -0.1) is 0 Å². The summed E-state index contributed by atoms with van der Waals surface area (Å²) in [6, 6.07) is 33.1. The number of rotatable bonds is 3. The van der Waals surface area contributed by atoms with E-state index in [1.54, 1.807) is 0 Å². The Balaban J connectivity index is 1.67. The van der Waals surface area contributed by atoms with Gasteiger partial charge in [0, 0.05) is 27.6 Å². The molecule has 5 aromatic carbocycles. The first kappa shape index (κ1) is 20.0. The summed E-state index contributed by atoms with van der Waals surface area (Å²) in [6.07, 6.45) is 3.94. The van der Waals surface area contributed by atoms with Crippen LogP contribution in [-0.4, -0.2) is 4.98 Å². The Morgan fingerprint density at radius 2 is 1.30 bits per heavy atom. The fourth-order valence-electron chi connectivity index (χ4n) is 4.86. The molecule has 1 aromatic heterocycles. The third-order valence-corrected chi connectivity index (χ3v) is 7.34. The van der Waals surface area contributed by atoms with E-state index in [9.17, 15) is 0 Å². The summed E-state index contributed by atoms with van der Waals surface area (Å²) >= 11 is 1.85. The summed E-state index contributed by atoms with van der Waals surface area (Å²) in [7, 11) is 0.